The summed E-state index contributed by atoms with van der Waals surface area (Å²) in [6.45, 7) is 3.03. The van der Waals surface area contributed by atoms with Gasteiger partial charge in [-0.2, -0.15) is 0 Å². The van der Waals surface area contributed by atoms with E-state index in [0.717, 1.165) is 12.8 Å². The fraction of sp³-hybridized carbons (Fsp3) is 0.500. The van der Waals surface area contributed by atoms with E-state index in [4.69, 9.17) is 9.78 Å². The highest BCUT2D eigenvalue weighted by Crippen LogP contribution is 2.21. The zero-order valence-corrected chi connectivity index (χ0v) is 9.32. The number of hydrogen-bond acceptors (Lipinski definition) is 2. The van der Waals surface area contributed by atoms with E-state index in [2.05, 4.69) is 29.8 Å². The van der Waals surface area contributed by atoms with Gasteiger partial charge in [0.25, 0.3) is 0 Å². The third-order valence-corrected chi connectivity index (χ3v) is 2.77. The summed E-state index contributed by atoms with van der Waals surface area (Å²) in [6.07, 6.45) is 6.50. The van der Waals surface area contributed by atoms with E-state index >= 15 is 0 Å². The predicted octanol–water partition coefficient (Wildman–Crippen LogP) is 2.15. The monoisotopic (exact) mass is 207 g/mol. The molecule has 0 radical (unpaired) electrons. The summed E-state index contributed by atoms with van der Waals surface area (Å²) in [4.78, 5) is 9.98. The Morgan fingerprint density at radius 2 is 2.07 bits per heavy atom. The summed E-state index contributed by atoms with van der Waals surface area (Å²) in [7, 11) is 2.09. The van der Waals surface area contributed by atoms with E-state index in [1.54, 1.807) is 0 Å². The minimum atomic E-state index is 0.525. The maximum absolute atomic E-state index is 5.09. The fourth-order valence-electron chi connectivity index (χ4n) is 1.94. The summed E-state index contributed by atoms with van der Waals surface area (Å²) < 4.78 is 2.21. The van der Waals surface area contributed by atoms with Gasteiger partial charge in [-0.25, -0.2) is 9.78 Å². The van der Waals surface area contributed by atoms with Crippen molar-refractivity contribution in [1.29, 1.82) is 0 Å². The molecule has 0 unspecified atom stereocenters. The van der Waals surface area contributed by atoms with Crippen LogP contribution in [-0.4, -0.2) is 11.2 Å². The van der Waals surface area contributed by atoms with Gasteiger partial charge in [0.15, 0.2) is 0 Å². The molecule has 0 N–H and O–H groups in total. The molecular weight excluding hydrogens is 190 g/mol. The standard InChI is InChI=1S/C12H17NO2/c1-3-14-15-9-11-8-10-6-4-5-7-12(10)13(11)2/h4-5,8H,3,6-7,9H2,1-2H3. The van der Waals surface area contributed by atoms with Gasteiger partial charge in [0.1, 0.15) is 6.61 Å². The zero-order valence-electron chi connectivity index (χ0n) is 9.32. The van der Waals surface area contributed by atoms with Crippen LogP contribution in [0.5, 0.6) is 0 Å². The van der Waals surface area contributed by atoms with Gasteiger partial charge in [0, 0.05) is 24.9 Å². The zero-order chi connectivity index (χ0) is 10.7. The Morgan fingerprint density at radius 1 is 1.27 bits per heavy atom. The second-order valence-corrected chi connectivity index (χ2v) is 3.71. The van der Waals surface area contributed by atoms with E-state index in [1.807, 2.05) is 6.92 Å². The molecule has 0 amide bonds. The molecule has 1 aliphatic carbocycles. The van der Waals surface area contributed by atoms with Crippen LogP contribution in [0.25, 0.3) is 0 Å². The van der Waals surface area contributed by atoms with E-state index in [9.17, 15) is 0 Å². The van der Waals surface area contributed by atoms with Gasteiger partial charge in [-0.1, -0.05) is 12.2 Å². The summed E-state index contributed by atoms with van der Waals surface area (Å²) in [6, 6.07) is 2.21. The number of fused-ring (bicyclic) bond motifs is 1. The first-order chi connectivity index (χ1) is 7.33. The maximum Gasteiger partial charge on any atom is 0.122 e. The van der Waals surface area contributed by atoms with E-state index in [1.165, 1.54) is 17.0 Å². The van der Waals surface area contributed by atoms with Crippen molar-refractivity contribution in [3.8, 4) is 0 Å². The Kier molecular flexibility index (Phi) is 3.23. The Balaban J connectivity index is 2.09. The molecular formula is C12H17NO2. The van der Waals surface area contributed by atoms with Crippen LogP contribution >= 0.6 is 0 Å². The van der Waals surface area contributed by atoms with Crippen molar-refractivity contribution in [2.24, 2.45) is 7.05 Å². The Morgan fingerprint density at radius 3 is 2.80 bits per heavy atom. The smallest absolute Gasteiger partial charge is 0.122 e. The number of allylic oxidation sites excluding steroid dienone is 2. The minimum absolute atomic E-state index is 0.525. The molecule has 3 heteroatoms. The van der Waals surface area contributed by atoms with Crippen LogP contribution in [0.15, 0.2) is 18.2 Å². The molecule has 1 aromatic rings. The average Bonchev–Trinajstić information content (AvgIpc) is 2.57. The van der Waals surface area contributed by atoms with Crippen molar-refractivity contribution in [3.05, 3.63) is 35.2 Å². The molecule has 0 spiro atoms. The molecule has 0 aliphatic heterocycles. The summed E-state index contributed by atoms with van der Waals surface area (Å²) in [5, 5.41) is 0. The lowest BCUT2D eigenvalue weighted by molar-refractivity contribution is -0.301. The van der Waals surface area contributed by atoms with Crippen molar-refractivity contribution in [2.45, 2.75) is 26.4 Å². The topological polar surface area (TPSA) is 23.4 Å². The predicted molar refractivity (Wildman–Crippen MR) is 58.4 cm³/mol. The van der Waals surface area contributed by atoms with Crippen LogP contribution in [0.1, 0.15) is 23.9 Å². The van der Waals surface area contributed by atoms with Crippen LogP contribution in [-0.2, 0) is 36.3 Å². The van der Waals surface area contributed by atoms with Gasteiger partial charge in [-0.3, -0.25) is 0 Å². The second kappa shape index (κ2) is 4.64. The number of aromatic nitrogens is 1. The quantitative estimate of drug-likeness (QED) is 0.327. The van der Waals surface area contributed by atoms with Gasteiger partial charge in [0.05, 0.1) is 6.61 Å². The lowest BCUT2D eigenvalue weighted by atomic mass is 10.1. The second-order valence-electron chi connectivity index (χ2n) is 3.71. The van der Waals surface area contributed by atoms with E-state index in [0.29, 0.717) is 13.2 Å². The SMILES string of the molecule is CCOOCc1cc2c(n1C)CC=CC2. The highest BCUT2D eigenvalue weighted by molar-refractivity contribution is 5.33. The minimum Gasteiger partial charge on any atom is -0.349 e. The fourth-order valence-corrected chi connectivity index (χ4v) is 1.94. The van der Waals surface area contributed by atoms with Crippen LogP contribution in [0.4, 0.5) is 0 Å². The van der Waals surface area contributed by atoms with E-state index in [-0.39, 0.29) is 0 Å². The number of rotatable bonds is 4. The third-order valence-electron chi connectivity index (χ3n) is 2.77. The van der Waals surface area contributed by atoms with Crippen molar-refractivity contribution < 1.29 is 9.78 Å². The lowest BCUT2D eigenvalue weighted by Gasteiger charge is -2.09. The third kappa shape index (κ3) is 2.13. The molecule has 0 aromatic carbocycles. The van der Waals surface area contributed by atoms with Gasteiger partial charge < -0.3 is 4.57 Å². The molecule has 0 atom stereocenters. The van der Waals surface area contributed by atoms with Crippen molar-refractivity contribution in [1.82, 2.24) is 4.57 Å². The Labute approximate surface area is 90.2 Å². The first-order valence-corrected chi connectivity index (χ1v) is 5.38. The molecule has 0 saturated heterocycles. The average molecular weight is 207 g/mol. The molecule has 1 aromatic heterocycles. The molecule has 15 heavy (non-hydrogen) atoms. The highest BCUT2D eigenvalue weighted by Gasteiger charge is 2.13. The van der Waals surface area contributed by atoms with Crippen molar-refractivity contribution in [2.75, 3.05) is 6.61 Å². The first kappa shape index (κ1) is 10.5. The van der Waals surface area contributed by atoms with Crippen molar-refractivity contribution in [3.63, 3.8) is 0 Å². The first-order valence-electron chi connectivity index (χ1n) is 5.38. The van der Waals surface area contributed by atoms with E-state index < -0.39 is 0 Å². The van der Waals surface area contributed by atoms with Gasteiger partial charge in [-0.05, 0) is 25.0 Å². The largest absolute Gasteiger partial charge is 0.349 e. The highest BCUT2D eigenvalue weighted by atomic mass is 17.2. The number of hydrogen-bond donors (Lipinski definition) is 0. The molecule has 1 heterocycles. The van der Waals surface area contributed by atoms with Crippen molar-refractivity contribution >= 4 is 0 Å². The molecule has 0 fully saturated rings. The van der Waals surface area contributed by atoms with Crippen LogP contribution in [0.3, 0.4) is 0 Å². The Bertz CT molecular complexity index is 366. The van der Waals surface area contributed by atoms with Gasteiger partial charge in [-0.15, -0.1) is 0 Å². The molecule has 0 bridgehead atoms. The normalized spacial score (nSPS) is 14.3. The summed E-state index contributed by atoms with van der Waals surface area (Å²) in [5.74, 6) is 0. The Hall–Kier alpha value is -1.06. The molecule has 0 saturated carbocycles. The lowest BCUT2D eigenvalue weighted by Crippen LogP contribution is -2.05. The molecule has 3 nitrogen and oxygen atoms in total. The van der Waals surface area contributed by atoms with Crippen LogP contribution in [0, 0.1) is 0 Å². The van der Waals surface area contributed by atoms with Crippen LogP contribution < -0.4 is 0 Å². The summed E-state index contributed by atoms with van der Waals surface area (Å²) >= 11 is 0. The van der Waals surface area contributed by atoms with Gasteiger partial charge >= 0.3 is 0 Å². The van der Waals surface area contributed by atoms with Gasteiger partial charge in [0.2, 0.25) is 0 Å². The molecule has 82 valence electrons. The maximum atomic E-state index is 5.09. The molecule has 2 rings (SSSR count). The molecule has 1 aliphatic rings. The van der Waals surface area contributed by atoms with Crippen LogP contribution in [0.2, 0.25) is 0 Å². The summed E-state index contributed by atoms with van der Waals surface area (Å²) in [5.41, 5.74) is 3.99. The number of nitrogens with zero attached hydrogens (tertiary/aromatic N) is 1.